The maximum atomic E-state index is 11.9. The van der Waals surface area contributed by atoms with Crippen LogP contribution in [-0.2, 0) is 14.3 Å². The van der Waals surface area contributed by atoms with Crippen molar-refractivity contribution >= 4 is 5.78 Å². The smallest absolute Gasteiger partial charge is 0.172 e. The Morgan fingerprint density at radius 1 is 1.17 bits per heavy atom. The maximum Gasteiger partial charge on any atom is 0.172 e. The van der Waals surface area contributed by atoms with Crippen LogP contribution in [0.5, 0.6) is 0 Å². The summed E-state index contributed by atoms with van der Waals surface area (Å²) in [5.74, 6) is 0.261. The topological polar surface area (TPSA) is 35.5 Å². The van der Waals surface area contributed by atoms with E-state index in [0.29, 0.717) is 31.3 Å². The van der Waals surface area contributed by atoms with Gasteiger partial charge in [-0.2, -0.15) is 0 Å². The molecule has 3 rings (SSSR count). The van der Waals surface area contributed by atoms with Crippen LogP contribution in [0.15, 0.2) is 11.1 Å². The quantitative estimate of drug-likeness (QED) is 0.663. The van der Waals surface area contributed by atoms with Crippen molar-refractivity contribution in [1.29, 1.82) is 0 Å². The molecule has 3 aliphatic rings. The first-order valence-corrected chi connectivity index (χ1v) is 7.01. The van der Waals surface area contributed by atoms with Gasteiger partial charge in [0.25, 0.3) is 0 Å². The molecule has 2 unspecified atom stereocenters. The Balaban J connectivity index is 2.02. The van der Waals surface area contributed by atoms with E-state index in [0.717, 1.165) is 24.8 Å². The van der Waals surface area contributed by atoms with Gasteiger partial charge in [0.05, 0.1) is 13.2 Å². The fourth-order valence-electron chi connectivity index (χ4n) is 4.13. The van der Waals surface area contributed by atoms with E-state index in [9.17, 15) is 4.79 Å². The van der Waals surface area contributed by atoms with Gasteiger partial charge in [0.2, 0.25) is 0 Å². The Labute approximate surface area is 109 Å². The second kappa shape index (κ2) is 3.91. The number of allylic oxidation sites excluding steroid dienone is 2. The van der Waals surface area contributed by atoms with Crippen LogP contribution >= 0.6 is 0 Å². The monoisotopic (exact) mass is 250 g/mol. The van der Waals surface area contributed by atoms with E-state index < -0.39 is 0 Å². The summed E-state index contributed by atoms with van der Waals surface area (Å²) < 4.78 is 11.9. The maximum absolute atomic E-state index is 11.9. The van der Waals surface area contributed by atoms with Gasteiger partial charge in [-0.1, -0.05) is 19.4 Å². The van der Waals surface area contributed by atoms with Crippen LogP contribution in [0, 0.1) is 11.3 Å². The minimum Gasteiger partial charge on any atom is -0.347 e. The second-order valence-electron chi connectivity index (χ2n) is 6.17. The van der Waals surface area contributed by atoms with Gasteiger partial charge < -0.3 is 9.47 Å². The zero-order valence-electron chi connectivity index (χ0n) is 11.5. The number of ether oxygens (including phenoxy) is 2. The van der Waals surface area contributed by atoms with Crippen molar-refractivity contribution in [3.05, 3.63) is 11.1 Å². The molecule has 0 aromatic rings. The molecule has 1 heterocycles. The first-order chi connectivity index (χ1) is 8.50. The van der Waals surface area contributed by atoms with Crippen LogP contribution in [0.25, 0.3) is 0 Å². The molecule has 0 amide bonds. The summed E-state index contributed by atoms with van der Waals surface area (Å²) in [5, 5.41) is 0. The average Bonchev–Trinajstić information content (AvgIpc) is 2.81. The van der Waals surface area contributed by atoms with Crippen molar-refractivity contribution in [2.75, 3.05) is 13.2 Å². The molecule has 0 N–H and O–H groups in total. The van der Waals surface area contributed by atoms with Gasteiger partial charge in [-0.3, -0.25) is 4.79 Å². The summed E-state index contributed by atoms with van der Waals surface area (Å²) in [6, 6.07) is 0. The van der Waals surface area contributed by atoms with Crippen molar-refractivity contribution in [2.45, 2.75) is 52.2 Å². The number of ketones is 1. The number of hydrogen-bond donors (Lipinski definition) is 0. The lowest BCUT2D eigenvalue weighted by molar-refractivity contribution is -0.228. The van der Waals surface area contributed by atoms with Crippen LogP contribution in [0.4, 0.5) is 0 Å². The summed E-state index contributed by atoms with van der Waals surface area (Å²) in [6.45, 7) is 7.92. The Kier molecular flexibility index (Phi) is 2.69. The van der Waals surface area contributed by atoms with E-state index >= 15 is 0 Å². The molecule has 0 aromatic heterocycles. The van der Waals surface area contributed by atoms with Gasteiger partial charge in [0.1, 0.15) is 0 Å². The first-order valence-electron chi connectivity index (χ1n) is 7.01. The Bertz CT molecular complexity index is 417. The SMILES string of the molecule is CC1=C2CCC3(OCCO3)C(C)C2(C)CCC1=O. The number of carbonyl (C=O) groups is 1. The number of fused-ring (bicyclic) bond motifs is 1. The van der Waals surface area contributed by atoms with Gasteiger partial charge in [-0.25, -0.2) is 0 Å². The summed E-state index contributed by atoms with van der Waals surface area (Å²) >= 11 is 0. The minimum absolute atomic E-state index is 0.0700. The molecule has 0 bridgehead atoms. The third kappa shape index (κ3) is 1.47. The van der Waals surface area contributed by atoms with E-state index in [2.05, 4.69) is 13.8 Å². The van der Waals surface area contributed by atoms with Crippen molar-refractivity contribution in [3.8, 4) is 0 Å². The molecule has 1 saturated heterocycles. The predicted molar refractivity (Wildman–Crippen MR) is 68.1 cm³/mol. The van der Waals surface area contributed by atoms with Gasteiger partial charge in [0, 0.05) is 18.8 Å². The standard InChI is InChI=1S/C15H22O3/c1-10-12-4-7-15(17-8-9-18-15)11(2)14(12,3)6-5-13(10)16/h11H,4-9H2,1-3H3. The molecular formula is C15H22O3. The predicted octanol–water partition coefficient (Wildman–Crippen LogP) is 2.85. The third-order valence-electron chi connectivity index (χ3n) is 5.55. The molecule has 0 radical (unpaired) electrons. The first kappa shape index (κ1) is 12.4. The summed E-state index contributed by atoms with van der Waals surface area (Å²) in [6.07, 6.45) is 3.45. The van der Waals surface area contributed by atoms with Gasteiger partial charge in [-0.15, -0.1) is 0 Å². The van der Waals surface area contributed by atoms with E-state index in [1.54, 1.807) is 0 Å². The molecule has 3 nitrogen and oxygen atoms in total. The largest absolute Gasteiger partial charge is 0.347 e. The summed E-state index contributed by atoms with van der Waals surface area (Å²) in [4.78, 5) is 11.9. The van der Waals surface area contributed by atoms with Crippen LogP contribution in [-0.4, -0.2) is 24.8 Å². The molecule has 2 fully saturated rings. The zero-order valence-corrected chi connectivity index (χ0v) is 11.5. The fraction of sp³-hybridized carbons (Fsp3) is 0.800. The highest BCUT2D eigenvalue weighted by Crippen LogP contribution is 2.57. The molecule has 100 valence electrons. The second-order valence-corrected chi connectivity index (χ2v) is 6.17. The molecule has 2 aliphatic carbocycles. The third-order valence-corrected chi connectivity index (χ3v) is 5.55. The highest BCUT2D eigenvalue weighted by molar-refractivity contribution is 5.96. The molecule has 0 aromatic carbocycles. The number of hydrogen-bond acceptors (Lipinski definition) is 3. The lowest BCUT2D eigenvalue weighted by Crippen LogP contribution is -2.52. The minimum atomic E-state index is -0.390. The van der Waals surface area contributed by atoms with Crippen LogP contribution in [0.2, 0.25) is 0 Å². The average molecular weight is 250 g/mol. The Morgan fingerprint density at radius 2 is 1.83 bits per heavy atom. The van der Waals surface area contributed by atoms with Gasteiger partial charge in [0.15, 0.2) is 11.6 Å². The Hall–Kier alpha value is -0.670. The van der Waals surface area contributed by atoms with Crippen LogP contribution in [0.1, 0.15) is 46.5 Å². The molecule has 1 aliphatic heterocycles. The molecule has 1 spiro atoms. The summed E-state index contributed by atoms with van der Waals surface area (Å²) in [7, 11) is 0. The number of rotatable bonds is 0. The van der Waals surface area contributed by atoms with Crippen molar-refractivity contribution in [3.63, 3.8) is 0 Å². The zero-order chi connectivity index (χ0) is 13.0. The van der Waals surface area contributed by atoms with E-state index in [-0.39, 0.29) is 11.2 Å². The van der Waals surface area contributed by atoms with Crippen LogP contribution in [0.3, 0.4) is 0 Å². The number of Topliss-reactive ketones (excluding diaryl/α,β-unsaturated/α-hetero) is 1. The molecule has 18 heavy (non-hydrogen) atoms. The summed E-state index contributed by atoms with van der Waals surface area (Å²) in [5.41, 5.74) is 2.43. The highest BCUT2D eigenvalue weighted by Gasteiger charge is 2.56. The Morgan fingerprint density at radius 3 is 2.50 bits per heavy atom. The lowest BCUT2D eigenvalue weighted by Gasteiger charge is -2.52. The van der Waals surface area contributed by atoms with E-state index in [1.165, 1.54) is 5.57 Å². The van der Waals surface area contributed by atoms with E-state index in [4.69, 9.17) is 9.47 Å². The fourth-order valence-corrected chi connectivity index (χ4v) is 4.13. The van der Waals surface area contributed by atoms with Gasteiger partial charge in [-0.05, 0) is 30.8 Å². The van der Waals surface area contributed by atoms with E-state index in [1.807, 2.05) is 6.92 Å². The molecule has 3 heteroatoms. The van der Waals surface area contributed by atoms with Crippen molar-refractivity contribution in [2.24, 2.45) is 11.3 Å². The van der Waals surface area contributed by atoms with Crippen molar-refractivity contribution in [1.82, 2.24) is 0 Å². The van der Waals surface area contributed by atoms with Crippen molar-refractivity contribution < 1.29 is 14.3 Å². The molecule has 2 atom stereocenters. The van der Waals surface area contributed by atoms with Gasteiger partial charge >= 0.3 is 0 Å². The van der Waals surface area contributed by atoms with Crippen LogP contribution < -0.4 is 0 Å². The molecule has 1 saturated carbocycles. The normalized spacial score (nSPS) is 39.3. The lowest BCUT2D eigenvalue weighted by atomic mass is 9.57. The number of carbonyl (C=O) groups excluding carboxylic acids is 1. The molecular weight excluding hydrogens is 228 g/mol. The highest BCUT2D eigenvalue weighted by atomic mass is 16.7.